The first kappa shape index (κ1) is 20.1. The molecule has 10 heteroatoms. The van der Waals surface area contributed by atoms with E-state index in [0.717, 1.165) is 12.1 Å². The molecule has 0 unspecified atom stereocenters. The van der Waals surface area contributed by atoms with Gasteiger partial charge in [0.15, 0.2) is 0 Å². The summed E-state index contributed by atoms with van der Waals surface area (Å²) in [5, 5.41) is -0.611. The average Bonchev–Trinajstić information content (AvgIpc) is 2.55. The lowest BCUT2D eigenvalue weighted by Crippen LogP contribution is -2.16. The summed E-state index contributed by atoms with van der Waals surface area (Å²) in [7, 11) is -3.18. The zero-order chi connectivity index (χ0) is 19.7. The van der Waals surface area contributed by atoms with Gasteiger partial charge in [-0.25, -0.2) is 13.2 Å². The maximum absolute atomic E-state index is 12.9. The first-order valence-electron chi connectivity index (χ1n) is 7.04. The number of hydrogen-bond acceptors (Lipinski definition) is 4. The van der Waals surface area contributed by atoms with E-state index in [2.05, 4.69) is 9.46 Å². The first-order chi connectivity index (χ1) is 12.0. The fourth-order valence-electron chi connectivity index (χ4n) is 2.07. The summed E-state index contributed by atoms with van der Waals surface area (Å²) in [6.45, 7) is 1.57. The Morgan fingerprint density at radius 2 is 1.81 bits per heavy atom. The van der Waals surface area contributed by atoms with Gasteiger partial charge in [0.1, 0.15) is 0 Å². The van der Waals surface area contributed by atoms with Crippen LogP contribution in [0.5, 0.6) is 0 Å². The van der Waals surface area contributed by atoms with Crippen LogP contribution in [0.25, 0.3) is 0 Å². The molecule has 1 N–H and O–H groups in total. The summed E-state index contributed by atoms with van der Waals surface area (Å²) in [6.07, 6.45) is -4.80. The molecule has 0 radical (unpaired) electrons. The highest BCUT2D eigenvalue weighted by Crippen LogP contribution is 2.36. The van der Waals surface area contributed by atoms with Crippen molar-refractivity contribution in [3.05, 3.63) is 58.1 Å². The largest absolute Gasteiger partial charge is 0.465 e. The molecule has 0 aromatic heterocycles. The van der Waals surface area contributed by atoms with Crippen molar-refractivity contribution in [3.63, 3.8) is 0 Å². The van der Waals surface area contributed by atoms with Crippen molar-refractivity contribution in [1.29, 1.82) is 0 Å². The quantitative estimate of drug-likeness (QED) is 0.769. The number of carbonyl (C=O) groups is 1. The zero-order valence-electron chi connectivity index (χ0n) is 13.5. The number of anilines is 1. The smallest absolute Gasteiger partial charge is 0.417 e. The molecular formula is C16H13ClF3NO4S. The lowest BCUT2D eigenvalue weighted by Gasteiger charge is -2.14. The molecule has 0 aliphatic rings. The van der Waals surface area contributed by atoms with Crippen LogP contribution in [0.2, 0.25) is 5.02 Å². The van der Waals surface area contributed by atoms with Gasteiger partial charge in [0.25, 0.3) is 10.0 Å². The van der Waals surface area contributed by atoms with Gasteiger partial charge in [-0.15, -0.1) is 0 Å². The minimum atomic E-state index is -4.80. The van der Waals surface area contributed by atoms with E-state index in [1.807, 2.05) is 0 Å². The van der Waals surface area contributed by atoms with Crippen LogP contribution < -0.4 is 4.72 Å². The fraction of sp³-hybridized carbons (Fsp3) is 0.188. The van der Waals surface area contributed by atoms with Crippen molar-refractivity contribution < 1.29 is 31.1 Å². The van der Waals surface area contributed by atoms with Crippen molar-refractivity contribution in [2.24, 2.45) is 0 Å². The highest BCUT2D eigenvalue weighted by Gasteiger charge is 2.34. The topological polar surface area (TPSA) is 72.5 Å². The minimum Gasteiger partial charge on any atom is -0.465 e. The van der Waals surface area contributed by atoms with Crippen LogP contribution >= 0.6 is 11.6 Å². The molecule has 0 saturated heterocycles. The zero-order valence-corrected chi connectivity index (χ0v) is 15.1. The first-order valence-corrected chi connectivity index (χ1v) is 8.90. The van der Waals surface area contributed by atoms with Gasteiger partial charge >= 0.3 is 12.1 Å². The molecule has 5 nitrogen and oxygen atoms in total. The van der Waals surface area contributed by atoms with Crippen molar-refractivity contribution >= 4 is 33.3 Å². The number of benzene rings is 2. The van der Waals surface area contributed by atoms with E-state index in [4.69, 9.17) is 11.6 Å². The lowest BCUT2D eigenvalue weighted by atomic mass is 10.1. The Morgan fingerprint density at radius 3 is 2.38 bits per heavy atom. The number of nitrogens with one attached hydrogen (secondary N) is 1. The Kier molecular flexibility index (Phi) is 5.52. The maximum Gasteiger partial charge on any atom is 0.417 e. The van der Waals surface area contributed by atoms with Crippen LogP contribution in [0.1, 0.15) is 21.5 Å². The minimum absolute atomic E-state index is 0.0383. The van der Waals surface area contributed by atoms with E-state index in [1.165, 1.54) is 25.3 Å². The van der Waals surface area contributed by atoms with E-state index in [-0.39, 0.29) is 11.3 Å². The van der Waals surface area contributed by atoms with Gasteiger partial charge in [-0.2, -0.15) is 13.2 Å². The molecule has 0 saturated carbocycles. The number of esters is 1. The van der Waals surface area contributed by atoms with E-state index in [1.54, 1.807) is 6.92 Å². The average molecular weight is 408 g/mol. The Balaban J connectivity index is 2.46. The van der Waals surface area contributed by atoms with Crippen molar-refractivity contribution in [1.82, 2.24) is 0 Å². The third-order valence-electron chi connectivity index (χ3n) is 3.46. The van der Waals surface area contributed by atoms with Crippen LogP contribution in [0.3, 0.4) is 0 Å². The van der Waals surface area contributed by atoms with Gasteiger partial charge < -0.3 is 4.74 Å². The fourth-order valence-corrected chi connectivity index (χ4v) is 3.44. The van der Waals surface area contributed by atoms with Crippen LogP contribution in [0, 0.1) is 6.92 Å². The summed E-state index contributed by atoms with van der Waals surface area (Å²) < 4.78 is 70.5. The van der Waals surface area contributed by atoms with Crippen molar-refractivity contribution in [2.75, 3.05) is 11.8 Å². The molecule has 0 spiro atoms. The molecule has 2 aromatic rings. The predicted octanol–water partition coefficient (Wildman–Crippen LogP) is 4.25. The van der Waals surface area contributed by atoms with Crippen LogP contribution in [0.15, 0.2) is 41.3 Å². The molecule has 0 heterocycles. The van der Waals surface area contributed by atoms with Crippen molar-refractivity contribution in [3.8, 4) is 0 Å². The third-order valence-corrected chi connectivity index (χ3v) is 5.15. The van der Waals surface area contributed by atoms with Crippen LogP contribution in [-0.4, -0.2) is 21.5 Å². The molecule has 0 atom stereocenters. The SMILES string of the molecule is COC(=O)c1ccc(C)c(NS(=O)(=O)c2ccc(Cl)c(C(F)(F)F)c2)c1. The number of halogens is 4. The van der Waals surface area contributed by atoms with E-state index >= 15 is 0 Å². The molecule has 26 heavy (non-hydrogen) atoms. The van der Waals surface area contributed by atoms with E-state index < -0.39 is 37.7 Å². The van der Waals surface area contributed by atoms with Gasteiger partial charge in [-0.05, 0) is 42.8 Å². The number of aryl methyl sites for hydroxylation is 1. The number of hydrogen-bond donors (Lipinski definition) is 1. The van der Waals surface area contributed by atoms with E-state index in [9.17, 15) is 26.4 Å². The highest BCUT2D eigenvalue weighted by atomic mass is 35.5. The Hall–Kier alpha value is -2.26. The summed E-state index contributed by atoms with van der Waals surface area (Å²) in [4.78, 5) is 11.0. The molecule has 0 aliphatic heterocycles. The number of ether oxygens (including phenoxy) is 1. The van der Waals surface area contributed by atoms with Gasteiger partial charge in [0.2, 0.25) is 0 Å². The Labute approximate surface area is 152 Å². The normalized spacial score (nSPS) is 11.9. The molecule has 0 amide bonds. The molecular weight excluding hydrogens is 395 g/mol. The monoisotopic (exact) mass is 407 g/mol. The summed E-state index contributed by atoms with van der Waals surface area (Å²) in [5.74, 6) is -0.684. The molecule has 2 aromatic carbocycles. The number of sulfonamides is 1. The molecule has 0 fully saturated rings. The van der Waals surface area contributed by atoms with Crippen molar-refractivity contribution in [2.45, 2.75) is 18.0 Å². The van der Waals surface area contributed by atoms with Gasteiger partial charge in [0.05, 0.1) is 33.8 Å². The summed E-state index contributed by atoms with van der Waals surface area (Å²) in [5.41, 5.74) is -0.674. The molecule has 0 aliphatic carbocycles. The summed E-state index contributed by atoms with van der Waals surface area (Å²) in [6, 6.07) is 6.41. The van der Waals surface area contributed by atoms with Gasteiger partial charge in [-0.1, -0.05) is 17.7 Å². The second kappa shape index (κ2) is 7.16. The predicted molar refractivity (Wildman–Crippen MR) is 89.8 cm³/mol. The summed E-state index contributed by atoms with van der Waals surface area (Å²) >= 11 is 5.50. The van der Waals surface area contributed by atoms with Gasteiger partial charge in [0, 0.05) is 0 Å². The Bertz CT molecular complexity index is 958. The standard InChI is InChI=1S/C16H13ClF3NO4S/c1-9-3-4-10(15(22)25-2)7-14(9)21-26(23,24)11-5-6-13(17)12(8-11)16(18,19)20/h3-8,21H,1-2H3. The number of rotatable bonds is 4. The molecule has 140 valence electrons. The molecule has 0 bridgehead atoms. The number of methoxy groups -OCH3 is 1. The third kappa shape index (κ3) is 4.28. The second-order valence-corrected chi connectivity index (χ2v) is 7.36. The number of alkyl halides is 3. The van der Waals surface area contributed by atoms with Crippen LogP contribution in [-0.2, 0) is 20.9 Å². The second-order valence-electron chi connectivity index (χ2n) is 5.27. The maximum atomic E-state index is 12.9. The highest BCUT2D eigenvalue weighted by molar-refractivity contribution is 7.92. The number of carbonyl (C=O) groups excluding carboxylic acids is 1. The lowest BCUT2D eigenvalue weighted by molar-refractivity contribution is -0.137. The van der Waals surface area contributed by atoms with Crippen LogP contribution in [0.4, 0.5) is 18.9 Å². The Morgan fingerprint density at radius 1 is 1.15 bits per heavy atom. The molecule has 2 rings (SSSR count). The van der Waals surface area contributed by atoms with E-state index in [0.29, 0.717) is 11.6 Å². The van der Waals surface area contributed by atoms with Gasteiger partial charge in [-0.3, -0.25) is 4.72 Å².